The van der Waals surface area contributed by atoms with Crippen LogP contribution in [0.25, 0.3) is 5.52 Å². The number of anilines is 1. The highest BCUT2D eigenvalue weighted by atomic mass is 35.5. The van der Waals surface area contributed by atoms with Crippen LogP contribution < -0.4 is 10.5 Å². The number of halogens is 1. The van der Waals surface area contributed by atoms with Gasteiger partial charge in [-0.05, 0) is 30.9 Å². The van der Waals surface area contributed by atoms with Crippen molar-refractivity contribution in [3.63, 3.8) is 0 Å². The van der Waals surface area contributed by atoms with E-state index in [1.165, 1.54) is 21.7 Å². The molecule has 3 atom stereocenters. The van der Waals surface area contributed by atoms with E-state index in [2.05, 4.69) is 30.1 Å². The third-order valence-corrected chi connectivity index (χ3v) is 6.26. The van der Waals surface area contributed by atoms with Gasteiger partial charge in [0.25, 0.3) is 5.56 Å². The van der Waals surface area contributed by atoms with Crippen molar-refractivity contribution >= 4 is 22.9 Å². The van der Waals surface area contributed by atoms with Crippen LogP contribution in [-0.4, -0.2) is 47.4 Å². The third-order valence-electron chi connectivity index (χ3n) is 6.02. The molecule has 10 nitrogen and oxygen atoms in total. The smallest absolute Gasteiger partial charge is 0.280 e. The molecule has 4 aromatic heterocycles. The van der Waals surface area contributed by atoms with Crippen molar-refractivity contribution in [1.82, 2.24) is 34.3 Å². The van der Waals surface area contributed by atoms with Crippen molar-refractivity contribution in [2.75, 3.05) is 18.0 Å². The van der Waals surface area contributed by atoms with Crippen LogP contribution in [0.5, 0.6) is 0 Å². The summed E-state index contributed by atoms with van der Waals surface area (Å²) in [7, 11) is 0. The minimum absolute atomic E-state index is 0.181. The number of fused-ring (bicyclic) bond motifs is 2. The number of pyridine rings is 1. The maximum absolute atomic E-state index is 12.7. The molecule has 1 aliphatic carbocycles. The topological polar surface area (TPSA) is 107 Å². The number of hydrogen-bond acceptors (Lipinski definition) is 8. The van der Waals surface area contributed by atoms with E-state index in [4.69, 9.17) is 16.1 Å². The molecule has 6 rings (SSSR count). The molecule has 30 heavy (non-hydrogen) atoms. The molecule has 152 valence electrons. The van der Waals surface area contributed by atoms with Crippen molar-refractivity contribution in [3.05, 3.63) is 63.8 Å². The van der Waals surface area contributed by atoms with Crippen LogP contribution >= 0.6 is 11.6 Å². The van der Waals surface area contributed by atoms with Crippen molar-refractivity contribution in [2.45, 2.75) is 19.4 Å². The van der Waals surface area contributed by atoms with Gasteiger partial charge >= 0.3 is 0 Å². The molecule has 0 N–H and O–H groups in total. The van der Waals surface area contributed by atoms with Crippen molar-refractivity contribution in [1.29, 1.82) is 0 Å². The Morgan fingerprint density at radius 3 is 2.87 bits per heavy atom. The lowest BCUT2D eigenvalue weighted by Gasteiger charge is -2.20. The molecule has 11 heteroatoms. The summed E-state index contributed by atoms with van der Waals surface area (Å²) in [5, 5.41) is 9.07. The number of piperidine rings is 1. The van der Waals surface area contributed by atoms with E-state index in [1.54, 1.807) is 19.2 Å². The highest BCUT2D eigenvalue weighted by Gasteiger charge is 2.58. The zero-order valence-electron chi connectivity index (χ0n) is 16.0. The number of imidazole rings is 1. The predicted octanol–water partition coefficient (Wildman–Crippen LogP) is 1.53. The average molecular weight is 425 g/mol. The van der Waals surface area contributed by atoms with Crippen LogP contribution in [0.3, 0.4) is 0 Å². The molecular weight excluding hydrogens is 408 g/mol. The Morgan fingerprint density at radius 2 is 2.07 bits per heavy atom. The molecule has 0 aromatic carbocycles. The average Bonchev–Trinajstić information content (AvgIpc) is 3.16. The zero-order valence-corrected chi connectivity index (χ0v) is 16.8. The van der Waals surface area contributed by atoms with E-state index in [0.717, 1.165) is 18.9 Å². The van der Waals surface area contributed by atoms with Gasteiger partial charge in [-0.1, -0.05) is 16.8 Å². The molecule has 0 bridgehead atoms. The SMILES string of the molecule is Cc1ncn2ncn(Cc3nc(C4[C@H]5CN(c6cc(Cl)ccn6)C[C@@H]45)no3)c(=O)c12. The fourth-order valence-electron chi connectivity index (χ4n) is 4.46. The van der Waals surface area contributed by atoms with E-state index in [-0.39, 0.29) is 18.0 Å². The van der Waals surface area contributed by atoms with E-state index in [9.17, 15) is 4.79 Å². The third kappa shape index (κ3) is 2.71. The lowest BCUT2D eigenvalue weighted by Crippen LogP contribution is -2.24. The molecule has 1 saturated heterocycles. The molecule has 2 aliphatic rings. The fourth-order valence-corrected chi connectivity index (χ4v) is 4.62. The number of aryl methyl sites for hydroxylation is 1. The molecule has 0 radical (unpaired) electrons. The van der Waals surface area contributed by atoms with Crippen molar-refractivity contribution < 1.29 is 4.52 Å². The Bertz CT molecular complexity index is 1320. The summed E-state index contributed by atoms with van der Waals surface area (Å²) in [5.74, 6) is 3.25. The van der Waals surface area contributed by atoms with E-state index >= 15 is 0 Å². The molecule has 1 unspecified atom stereocenters. The Kier molecular flexibility index (Phi) is 3.73. The van der Waals surface area contributed by atoms with Crippen LogP contribution in [0, 0.1) is 18.8 Å². The summed E-state index contributed by atoms with van der Waals surface area (Å²) in [6.45, 7) is 3.75. The molecule has 0 spiro atoms. The first-order valence-corrected chi connectivity index (χ1v) is 10.0. The van der Waals surface area contributed by atoms with Gasteiger partial charge in [0.2, 0.25) is 5.89 Å². The molecule has 4 aromatic rings. The number of rotatable bonds is 4. The fraction of sp³-hybridized carbons (Fsp3) is 0.368. The van der Waals surface area contributed by atoms with Gasteiger partial charge in [-0.25, -0.2) is 14.5 Å². The minimum Gasteiger partial charge on any atom is -0.356 e. The molecule has 1 saturated carbocycles. The van der Waals surface area contributed by atoms with Crippen molar-refractivity contribution in [2.24, 2.45) is 11.8 Å². The van der Waals surface area contributed by atoms with Crippen LogP contribution in [0.15, 0.2) is 40.3 Å². The molecule has 5 heterocycles. The van der Waals surface area contributed by atoms with E-state index in [0.29, 0.717) is 39.8 Å². The molecule has 0 amide bonds. The largest absolute Gasteiger partial charge is 0.356 e. The van der Waals surface area contributed by atoms with Gasteiger partial charge in [-0.3, -0.25) is 9.36 Å². The summed E-state index contributed by atoms with van der Waals surface area (Å²) in [6.07, 6.45) is 4.71. The highest BCUT2D eigenvalue weighted by molar-refractivity contribution is 6.30. The van der Waals surface area contributed by atoms with Crippen LogP contribution in [0.4, 0.5) is 5.82 Å². The maximum atomic E-state index is 12.7. The maximum Gasteiger partial charge on any atom is 0.280 e. The monoisotopic (exact) mass is 424 g/mol. The first-order chi connectivity index (χ1) is 14.6. The quantitative estimate of drug-likeness (QED) is 0.485. The normalized spacial score (nSPS) is 22.6. The van der Waals surface area contributed by atoms with Gasteiger partial charge in [0.05, 0.1) is 5.69 Å². The summed E-state index contributed by atoms with van der Waals surface area (Å²) in [4.78, 5) is 28.0. The second kappa shape index (κ2) is 6.36. The molecule has 2 fully saturated rings. The second-order valence-electron chi connectivity index (χ2n) is 7.82. The zero-order chi connectivity index (χ0) is 20.4. The molecule has 1 aliphatic heterocycles. The number of hydrogen-bond donors (Lipinski definition) is 0. The number of aromatic nitrogens is 7. The van der Waals surface area contributed by atoms with Gasteiger partial charge in [0, 0.05) is 30.2 Å². The summed E-state index contributed by atoms with van der Waals surface area (Å²) < 4.78 is 8.36. The van der Waals surface area contributed by atoms with Crippen LogP contribution in [0.1, 0.15) is 23.3 Å². The van der Waals surface area contributed by atoms with Gasteiger partial charge in [-0.15, -0.1) is 0 Å². The van der Waals surface area contributed by atoms with Gasteiger partial charge < -0.3 is 9.42 Å². The molecular formula is C19H17ClN8O2. The first kappa shape index (κ1) is 17.6. The Morgan fingerprint density at radius 1 is 1.23 bits per heavy atom. The minimum atomic E-state index is -0.187. The first-order valence-electron chi connectivity index (χ1n) is 9.67. The summed E-state index contributed by atoms with van der Waals surface area (Å²) >= 11 is 6.08. The lowest BCUT2D eigenvalue weighted by atomic mass is 10.2. The Hall–Kier alpha value is -3.27. The highest BCUT2D eigenvalue weighted by Crippen LogP contribution is 2.57. The predicted molar refractivity (Wildman–Crippen MR) is 107 cm³/mol. The lowest BCUT2D eigenvalue weighted by molar-refractivity contribution is 0.363. The Labute approximate surface area is 175 Å². The van der Waals surface area contributed by atoms with Gasteiger partial charge in [0.1, 0.15) is 25.0 Å². The van der Waals surface area contributed by atoms with Crippen molar-refractivity contribution in [3.8, 4) is 0 Å². The van der Waals surface area contributed by atoms with Crippen LogP contribution in [-0.2, 0) is 6.54 Å². The van der Waals surface area contributed by atoms with E-state index < -0.39 is 0 Å². The standard InChI is InChI=1S/C19H17ClN8O2/c1-10-17-19(29)27(9-23-28(17)8-22-10)7-15-24-18(25-30-15)16-12-5-26(6-13(12)16)14-4-11(20)2-3-21-14/h2-4,8-9,12-13,16H,5-7H2,1H3/t12-,13+,16?. The summed E-state index contributed by atoms with van der Waals surface area (Å²) in [5.41, 5.74) is 0.897. The van der Waals surface area contributed by atoms with Crippen LogP contribution in [0.2, 0.25) is 5.02 Å². The van der Waals surface area contributed by atoms with E-state index in [1.807, 2.05) is 6.07 Å². The van der Waals surface area contributed by atoms with Gasteiger partial charge in [-0.2, -0.15) is 10.1 Å². The Balaban J connectivity index is 1.17. The van der Waals surface area contributed by atoms with Gasteiger partial charge in [0.15, 0.2) is 11.3 Å². The summed E-state index contributed by atoms with van der Waals surface area (Å²) in [6, 6.07) is 3.66. The number of nitrogens with zero attached hydrogens (tertiary/aromatic N) is 8. The second-order valence-corrected chi connectivity index (χ2v) is 8.26.